The number of hydrogen-bond acceptors (Lipinski definition) is 3. The molecule has 0 unspecified atom stereocenters. The molecule has 0 aliphatic heterocycles. The van der Waals surface area contributed by atoms with Gasteiger partial charge in [0.1, 0.15) is 0 Å². The van der Waals surface area contributed by atoms with E-state index in [0.29, 0.717) is 16.7 Å². The summed E-state index contributed by atoms with van der Waals surface area (Å²) in [5.74, 6) is -0.413. The van der Waals surface area contributed by atoms with Gasteiger partial charge in [0.15, 0.2) is 5.75 Å². The van der Waals surface area contributed by atoms with Crippen LogP contribution in [0.1, 0.15) is 0 Å². The van der Waals surface area contributed by atoms with Crippen LogP contribution in [-0.2, 0) is 10.1 Å². The summed E-state index contributed by atoms with van der Waals surface area (Å²) in [5.41, 5.74) is -0.0645. The van der Waals surface area contributed by atoms with E-state index in [-0.39, 0.29) is 5.56 Å². The van der Waals surface area contributed by atoms with Gasteiger partial charge in [-0.2, -0.15) is 21.6 Å². The minimum absolute atomic E-state index is 0.218. The SMILES string of the molecule is O=S(=O)(Oc1ccc(-c2ccccc2)cc1-c1cc(-c2ccccc2)ccc1-c1ccccc1)C(F)(F)F. The third-order valence-corrected chi connectivity index (χ3v) is 7.04. The zero-order chi connectivity index (χ0) is 26.8. The van der Waals surface area contributed by atoms with Crippen molar-refractivity contribution in [3.8, 4) is 50.3 Å². The summed E-state index contributed by atoms with van der Waals surface area (Å²) in [6.07, 6.45) is 0. The molecule has 0 N–H and O–H groups in total. The van der Waals surface area contributed by atoms with Crippen LogP contribution in [0.15, 0.2) is 127 Å². The molecule has 0 atom stereocenters. The van der Waals surface area contributed by atoms with Gasteiger partial charge in [0.05, 0.1) is 0 Å². The van der Waals surface area contributed by atoms with Crippen LogP contribution in [-0.4, -0.2) is 13.9 Å². The zero-order valence-corrected chi connectivity index (χ0v) is 20.7. The van der Waals surface area contributed by atoms with Crippen molar-refractivity contribution < 1.29 is 25.8 Å². The molecule has 7 heteroatoms. The first-order valence-corrected chi connectivity index (χ1v) is 13.1. The monoisotopic (exact) mass is 530 g/mol. The average molecular weight is 531 g/mol. The Morgan fingerprint density at radius 2 is 0.921 bits per heavy atom. The van der Waals surface area contributed by atoms with Crippen molar-refractivity contribution in [2.45, 2.75) is 5.51 Å². The van der Waals surface area contributed by atoms with Gasteiger partial charge in [-0.05, 0) is 57.1 Å². The first-order valence-electron chi connectivity index (χ1n) is 11.7. The second-order valence-electron chi connectivity index (χ2n) is 8.55. The lowest BCUT2D eigenvalue weighted by atomic mass is 9.89. The molecule has 0 fully saturated rings. The maximum absolute atomic E-state index is 13.3. The van der Waals surface area contributed by atoms with Crippen LogP contribution >= 0.6 is 0 Å². The van der Waals surface area contributed by atoms with Crippen LogP contribution in [0.4, 0.5) is 13.2 Å². The molecule has 0 spiro atoms. The number of rotatable bonds is 6. The molecule has 5 aromatic carbocycles. The number of halogens is 3. The van der Waals surface area contributed by atoms with Crippen molar-refractivity contribution in [3.05, 3.63) is 127 Å². The highest BCUT2D eigenvalue weighted by Gasteiger charge is 2.48. The van der Waals surface area contributed by atoms with Gasteiger partial charge in [-0.3, -0.25) is 0 Å². The molecule has 0 amide bonds. The highest BCUT2D eigenvalue weighted by Crippen LogP contribution is 2.43. The van der Waals surface area contributed by atoms with Crippen LogP contribution in [0, 0.1) is 0 Å². The molecule has 0 saturated heterocycles. The highest BCUT2D eigenvalue weighted by atomic mass is 32.2. The lowest BCUT2D eigenvalue weighted by molar-refractivity contribution is -0.0499. The van der Waals surface area contributed by atoms with Crippen LogP contribution in [0.25, 0.3) is 44.5 Å². The van der Waals surface area contributed by atoms with E-state index in [9.17, 15) is 21.6 Å². The topological polar surface area (TPSA) is 43.4 Å². The van der Waals surface area contributed by atoms with E-state index >= 15 is 0 Å². The summed E-state index contributed by atoms with van der Waals surface area (Å²) >= 11 is 0. The third kappa shape index (κ3) is 5.19. The van der Waals surface area contributed by atoms with E-state index < -0.39 is 21.4 Å². The fraction of sp³-hybridized carbons (Fsp3) is 0.0323. The molecule has 0 radical (unpaired) electrons. The maximum atomic E-state index is 13.3. The van der Waals surface area contributed by atoms with Gasteiger partial charge >= 0.3 is 15.6 Å². The van der Waals surface area contributed by atoms with Crippen molar-refractivity contribution in [3.63, 3.8) is 0 Å². The Labute approximate surface area is 218 Å². The summed E-state index contributed by atoms with van der Waals surface area (Å²) < 4.78 is 68.8. The van der Waals surface area contributed by atoms with E-state index in [1.807, 2.05) is 109 Å². The molecule has 0 heterocycles. The van der Waals surface area contributed by atoms with E-state index in [4.69, 9.17) is 4.18 Å². The molecule has 5 aromatic rings. The lowest BCUT2D eigenvalue weighted by Gasteiger charge is -2.18. The Morgan fingerprint density at radius 3 is 1.42 bits per heavy atom. The van der Waals surface area contributed by atoms with Crippen molar-refractivity contribution in [2.75, 3.05) is 0 Å². The highest BCUT2D eigenvalue weighted by molar-refractivity contribution is 7.88. The Morgan fingerprint density at radius 1 is 0.474 bits per heavy atom. The van der Waals surface area contributed by atoms with Crippen molar-refractivity contribution in [2.24, 2.45) is 0 Å². The molecule has 0 bridgehead atoms. The van der Waals surface area contributed by atoms with Gasteiger partial charge < -0.3 is 4.18 Å². The van der Waals surface area contributed by atoms with Gasteiger partial charge in [0.25, 0.3) is 0 Å². The average Bonchev–Trinajstić information content (AvgIpc) is 2.93. The molecule has 3 nitrogen and oxygen atoms in total. The molecule has 0 aliphatic rings. The first-order chi connectivity index (χ1) is 18.2. The predicted molar refractivity (Wildman–Crippen MR) is 144 cm³/mol. The van der Waals surface area contributed by atoms with E-state index in [2.05, 4.69) is 0 Å². The smallest absolute Gasteiger partial charge is 0.375 e. The Hall–Kier alpha value is -4.36. The third-order valence-electron chi connectivity index (χ3n) is 6.07. The van der Waals surface area contributed by atoms with Gasteiger partial charge in [-0.25, -0.2) is 0 Å². The number of hydrogen-bond donors (Lipinski definition) is 0. The van der Waals surface area contributed by atoms with Gasteiger partial charge in [-0.1, -0.05) is 109 Å². The second kappa shape index (κ2) is 10.2. The van der Waals surface area contributed by atoms with Crippen LogP contribution < -0.4 is 4.18 Å². The van der Waals surface area contributed by atoms with Crippen molar-refractivity contribution in [1.29, 1.82) is 0 Å². The standard InChI is InChI=1S/C31H21F3O3S/c32-31(33,34)38(35,36)37-30-19-17-26(23-12-6-2-7-13-23)21-29(30)28-20-25(22-10-4-1-5-11-22)16-18-27(28)24-14-8-3-9-15-24/h1-21H. The number of benzene rings is 5. The molecular formula is C31H21F3O3S. The van der Waals surface area contributed by atoms with Crippen molar-refractivity contribution >= 4 is 10.1 Å². The molecule has 0 aliphatic carbocycles. The summed E-state index contributed by atoms with van der Waals surface area (Å²) in [5, 5.41) is 0. The predicted octanol–water partition coefficient (Wildman–Crippen LogP) is 8.58. The summed E-state index contributed by atoms with van der Waals surface area (Å²) in [6, 6.07) is 38.3. The van der Waals surface area contributed by atoms with E-state index in [0.717, 1.165) is 22.3 Å². The van der Waals surface area contributed by atoms with Crippen LogP contribution in [0.5, 0.6) is 5.75 Å². The van der Waals surface area contributed by atoms with Gasteiger partial charge in [0, 0.05) is 5.56 Å². The Kier molecular flexibility index (Phi) is 6.78. The molecular weight excluding hydrogens is 509 g/mol. The van der Waals surface area contributed by atoms with Crippen LogP contribution in [0.3, 0.4) is 0 Å². The Bertz CT molecular complexity index is 1670. The fourth-order valence-electron chi connectivity index (χ4n) is 4.24. The largest absolute Gasteiger partial charge is 0.534 e. The Balaban J connectivity index is 1.79. The zero-order valence-electron chi connectivity index (χ0n) is 19.9. The normalized spacial score (nSPS) is 11.8. The maximum Gasteiger partial charge on any atom is 0.534 e. The second-order valence-corrected chi connectivity index (χ2v) is 10.1. The lowest BCUT2D eigenvalue weighted by Crippen LogP contribution is -2.28. The van der Waals surface area contributed by atoms with Gasteiger partial charge in [-0.15, -0.1) is 0 Å². The minimum atomic E-state index is -5.90. The van der Waals surface area contributed by atoms with E-state index in [1.165, 1.54) is 6.07 Å². The molecule has 0 aromatic heterocycles. The summed E-state index contributed by atoms with van der Waals surface area (Å²) in [6.45, 7) is 0. The molecule has 38 heavy (non-hydrogen) atoms. The van der Waals surface area contributed by atoms with E-state index in [1.54, 1.807) is 12.1 Å². The fourth-order valence-corrected chi connectivity index (χ4v) is 4.71. The molecule has 5 rings (SSSR count). The van der Waals surface area contributed by atoms with Crippen LogP contribution in [0.2, 0.25) is 0 Å². The summed E-state index contributed by atoms with van der Waals surface area (Å²) in [7, 11) is -5.90. The van der Waals surface area contributed by atoms with Gasteiger partial charge in [0.2, 0.25) is 0 Å². The van der Waals surface area contributed by atoms with Crippen molar-refractivity contribution in [1.82, 2.24) is 0 Å². The number of alkyl halides is 3. The first kappa shape index (κ1) is 25.3. The minimum Gasteiger partial charge on any atom is -0.375 e. The summed E-state index contributed by atoms with van der Waals surface area (Å²) in [4.78, 5) is 0. The molecule has 190 valence electrons. The quantitative estimate of drug-likeness (QED) is 0.163. The molecule has 0 saturated carbocycles.